The number of rotatable bonds is 9. The van der Waals surface area contributed by atoms with Gasteiger partial charge in [-0.15, -0.1) is 10.2 Å². The van der Waals surface area contributed by atoms with E-state index < -0.39 is 6.61 Å². The Morgan fingerprint density at radius 3 is 2.40 bits per heavy atom. The SMILES string of the molecule is COc1ccc(-n2c(C)nnc2SCC(=O)NCc2ccc(OC(F)F)cc2)cc1. The van der Waals surface area contributed by atoms with Gasteiger partial charge in [-0.2, -0.15) is 8.78 Å². The first kappa shape index (κ1) is 21.6. The molecule has 0 unspecified atom stereocenters. The lowest BCUT2D eigenvalue weighted by molar-refractivity contribution is -0.118. The smallest absolute Gasteiger partial charge is 0.387 e. The van der Waals surface area contributed by atoms with Crippen molar-refractivity contribution in [3.05, 3.63) is 59.9 Å². The van der Waals surface area contributed by atoms with Crippen LogP contribution in [0.5, 0.6) is 11.5 Å². The minimum Gasteiger partial charge on any atom is -0.497 e. The van der Waals surface area contributed by atoms with E-state index in [1.54, 1.807) is 19.2 Å². The largest absolute Gasteiger partial charge is 0.497 e. The van der Waals surface area contributed by atoms with Gasteiger partial charge in [0.2, 0.25) is 5.91 Å². The Kier molecular flexibility index (Phi) is 7.23. The molecule has 0 saturated heterocycles. The van der Waals surface area contributed by atoms with Crippen molar-refractivity contribution >= 4 is 17.7 Å². The number of amides is 1. The Morgan fingerprint density at radius 1 is 1.10 bits per heavy atom. The van der Waals surface area contributed by atoms with Gasteiger partial charge >= 0.3 is 6.61 Å². The average molecular weight is 434 g/mol. The molecule has 3 aromatic rings. The van der Waals surface area contributed by atoms with Gasteiger partial charge in [-0.3, -0.25) is 9.36 Å². The first-order valence-electron chi connectivity index (χ1n) is 8.96. The molecule has 0 fully saturated rings. The average Bonchev–Trinajstić information content (AvgIpc) is 3.11. The quantitative estimate of drug-likeness (QED) is 0.519. The van der Waals surface area contributed by atoms with Crippen LogP contribution >= 0.6 is 11.8 Å². The van der Waals surface area contributed by atoms with Crippen LogP contribution in [0.3, 0.4) is 0 Å². The second kappa shape index (κ2) is 10.1. The fraction of sp³-hybridized carbons (Fsp3) is 0.250. The predicted molar refractivity (Wildman–Crippen MR) is 108 cm³/mol. The molecule has 0 aliphatic heterocycles. The van der Waals surface area contributed by atoms with Crippen LogP contribution in [0.25, 0.3) is 5.69 Å². The fourth-order valence-electron chi connectivity index (χ4n) is 2.64. The number of thioether (sulfide) groups is 1. The van der Waals surface area contributed by atoms with Crippen molar-refractivity contribution in [2.75, 3.05) is 12.9 Å². The standard InChI is InChI=1S/C20H20F2N4O3S/c1-13-24-25-20(26(13)15-5-9-16(28-2)10-6-15)30-12-18(27)23-11-14-3-7-17(8-4-14)29-19(21)22/h3-10,19H,11-12H2,1-2H3,(H,23,27). The summed E-state index contributed by atoms with van der Waals surface area (Å²) in [4.78, 5) is 12.2. The van der Waals surface area contributed by atoms with E-state index in [0.29, 0.717) is 11.0 Å². The number of methoxy groups -OCH3 is 1. The van der Waals surface area contributed by atoms with Crippen molar-refractivity contribution in [2.24, 2.45) is 0 Å². The number of carbonyl (C=O) groups is 1. The third-order valence-electron chi connectivity index (χ3n) is 4.10. The van der Waals surface area contributed by atoms with Crippen LogP contribution in [0.1, 0.15) is 11.4 Å². The molecule has 0 aliphatic rings. The number of hydrogen-bond acceptors (Lipinski definition) is 6. The van der Waals surface area contributed by atoms with Crippen LogP contribution in [0.4, 0.5) is 8.78 Å². The minimum absolute atomic E-state index is 0.0730. The molecule has 30 heavy (non-hydrogen) atoms. The summed E-state index contributed by atoms with van der Waals surface area (Å²) < 4.78 is 35.7. The van der Waals surface area contributed by atoms with E-state index in [1.165, 1.54) is 23.9 Å². The first-order chi connectivity index (χ1) is 14.5. The number of halogens is 2. The van der Waals surface area contributed by atoms with E-state index >= 15 is 0 Å². The summed E-state index contributed by atoms with van der Waals surface area (Å²) in [5, 5.41) is 11.6. The van der Waals surface area contributed by atoms with E-state index in [0.717, 1.165) is 17.0 Å². The molecule has 0 spiro atoms. The number of carbonyl (C=O) groups excluding carboxylic acids is 1. The molecule has 0 radical (unpaired) electrons. The number of aromatic nitrogens is 3. The topological polar surface area (TPSA) is 78.3 Å². The summed E-state index contributed by atoms with van der Waals surface area (Å²) in [5.41, 5.74) is 1.64. The van der Waals surface area contributed by atoms with Crippen molar-refractivity contribution in [3.63, 3.8) is 0 Å². The number of aryl methyl sites for hydroxylation is 1. The van der Waals surface area contributed by atoms with Gasteiger partial charge in [-0.25, -0.2) is 0 Å². The zero-order chi connectivity index (χ0) is 21.5. The molecule has 10 heteroatoms. The molecule has 0 bridgehead atoms. The Morgan fingerprint density at radius 2 is 1.77 bits per heavy atom. The fourth-order valence-corrected chi connectivity index (χ4v) is 3.46. The van der Waals surface area contributed by atoms with Gasteiger partial charge in [0.15, 0.2) is 5.16 Å². The van der Waals surface area contributed by atoms with Crippen molar-refractivity contribution in [1.82, 2.24) is 20.1 Å². The van der Waals surface area contributed by atoms with Crippen LogP contribution in [-0.4, -0.2) is 40.1 Å². The molecule has 1 aromatic heterocycles. The second-order valence-electron chi connectivity index (χ2n) is 6.15. The number of hydrogen-bond donors (Lipinski definition) is 1. The molecule has 1 N–H and O–H groups in total. The van der Waals surface area contributed by atoms with Crippen LogP contribution in [0.15, 0.2) is 53.7 Å². The van der Waals surface area contributed by atoms with Gasteiger partial charge in [0, 0.05) is 12.2 Å². The Hall–Kier alpha value is -3.14. The van der Waals surface area contributed by atoms with E-state index in [4.69, 9.17) is 4.74 Å². The molecule has 0 atom stereocenters. The molecular weight excluding hydrogens is 414 g/mol. The van der Waals surface area contributed by atoms with Crippen molar-refractivity contribution in [3.8, 4) is 17.2 Å². The van der Waals surface area contributed by atoms with E-state index in [1.807, 2.05) is 35.8 Å². The van der Waals surface area contributed by atoms with Gasteiger partial charge < -0.3 is 14.8 Å². The Labute approximate surface area is 176 Å². The summed E-state index contributed by atoms with van der Waals surface area (Å²) >= 11 is 1.27. The predicted octanol–water partition coefficient (Wildman–Crippen LogP) is 3.59. The maximum atomic E-state index is 12.2. The van der Waals surface area contributed by atoms with Gasteiger partial charge in [0.25, 0.3) is 0 Å². The second-order valence-corrected chi connectivity index (χ2v) is 7.09. The number of nitrogens with one attached hydrogen (secondary N) is 1. The van der Waals surface area contributed by atoms with Gasteiger partial charge in [0.1, 0.15) is 17.3 Å². The van der Waals surface area contributed by atoms with E-state index in [2.05, 4.69) is 20.3 Å². The van der Waals surface area contributed by atoms with Crippen molar-refractivity contribution in [1.29, 1.82) is 0 Å². The highest BCUT2D eigenvalue weighted by Gasteiger charge is 2.13. The van der Waals surface area contributed by atoms with E-state index in [-0.39, 0.29) is 24.0 Å². The molecule has 0 aliphatic carbocycles. The van der Waals surface area contributed by atoms with Crippen LogP contribution in [0.2, 0.25) is 0 Å². The Balaban J connectivity index is 1.55. The molecule has 7 nitrogen and oxygen atoms in total. The minimum atomic E-state index is -2.86. The maximum Gasteiger partial charge on any atom is 0.387 e. The summed E-state index contributed by atoms with van der Waals surface area (Å²) in [6, 6.07) is 13.6. The normalized spacial score (nSPS) is 10.8. The van der Waals surface area contributed by atoms with Crippen molar-refractivity contribution < 1.29 is 23.0 Å². The summed E-state index contributed by atoms with van der Waals surface area (Å²) in [7, 11) is 1.60. The Bertz CT molecular complexity index is 979. The van der Waals surface area contributed by atoms with Crippen molar-refractivity contribution in [2.45, 2.75) is 25.2 Å². The number of alkyl halides is 2. The van der Waals surface area contributed by atoms with Gasteiger partial charge in [-0.1, -0.05) is 23.9 Å². The lowest BCUT2D eigenvalue weighted by Gasteiger charge is -2.10. The van der Waals surface area contributed by atoms with Crippen LogP contribution < -0.4 is 14.8 Å². The highest BCUT2D eigenvalue weighted by atomic mass is 32.2. The summed E-state index contributed by atoms with van der Waals surface area (Å²) in [5.74, 6) is 1.49. The number of benzene rings is 2. The first-order valence-corrected chi connectivity index (χ1v) is 9.94. The summed E-state index contributed by atoms with van der Waals surface area (Å²) in [6.07, 6.45) is 0. The molecular formula is C20H20F2N4O3S. The van der Waals surface area contributed by atoms with Crippen LogP contribution in [-0.2, 0) is 11.3 Å². The highest BCUT2D eigenvalue weighted by Crippen LogP contribution is 2.23. The third-order valence-corrected chi connectivity index (χ3v) is 5.03. The van der Waals surface area contributed by atoms with Gasteiger partial charge in [0.05, 0.1) is 12.9 Å². The monoisotopic (exact) mass is 434 g/mol. The zero-order valence-electron chi connectivity index (χ0n) is 16.3. The molecule has 1 amide bonds. The molecule has 1 heterocycles. The van der Waals surface area contributed by atoms with Crippen LogP contribution in [0, 0.1) is 6.92 Å². The zero-order valence-corrected chi connectivity index (χ0v) is 17.2. The molecule has 0 saturated carbocycles. The van der Waals surface area contributed by atoms with E-state index in [9.17, 15) is 13.6 Å². The van der Waals surface area contributed by atoms with Gasteiger partial charge in [-0.05, 0) is 48.9 Å². The lowest BCUT2D eigenvalue weighted by Crippen LogP contribution is -2.24. The lowest BCUT2D eigenvalue weighted by atomic mass is 10.2. The number of nitrogens with zero attached hydrogens (tertiary/aromatic N) is 3. The number of ether oxygens (including phenoxy) is 2. The maximum absolute atomic E-state index is 12.2. The summed E-state index contributed by atoms with van der Waals surface area (Å²) in [6.45, 7) is -0.752. The highest BCUT2D eigenvalue weighted by molar-refractivity contribution is 7.99. The molecule has 3 rings (SSSR count). The third kappa shape index (κ3) is 5.69. The molecule has 158 valence electrons. The molecule has 2 aromatic carbocycles.